The molecule has 4 aromatic rings. The van der Waals surface area contributed by atoms with Crippen LogP contribution >= 0.6 is 11.3 Å². The van der Waals surface area contributed by atoms with Crippen LogP contribution in [0.15, 0.2) is 58.8 Å². The van der Waals surface area contributed by atoms with Crippen LogP contribution in [0.5, 0.6) is 0 Å². The number of hydrogen-bond donors (Lipinski definition) is 2. The number of nitrogens with one attached hydrogen (secondary N) is 2. The second kappa shape index (κ2) is 10.9. The van der Waals surface area contributed by atoms with E-state index >= 15 is 0 Å². The molecular formula is C25H30N8OS. The SMILES string of the molecule is CN1CCN(CCCN(Cc2ccccc2)c2nc(Nc3ccc4ncsc4c3)[nH]c(=O)n2)CC1. The molecule has 1 fully saturated rings. The number of aromatic amines is 1. The summed E-state index contributed by atoms with van der Waals surface area (Å²) in [7, 11) is 2.17. The van der Waals surface area contributed by atoms with Gasteiger partial charge < -0.3 is 20.0 Å². The maximum Gasteiger partial charge on any atom is 0.351 e. The minimum absolute atomic E-state index is 0.376. The number of likely N-dealkylation sites (N-methyl/N-ethyl adjacent to an activating group) is 1. The van der Waals surface area contributed by atoms with Crippen molar-refractivity contribution in [2.45, 2.75) is 13.0 Å². The highest BCUT2D eigenvalue weighted by molar-refractivity contribution is 7.16. The van der Waals surface area contributed by atoms with Gasteiger partial charge in [0.25, 0.3) is 0 Å². The first-order valence-electron chi connectivity index (χ1n) is 11.9. The molecule has 0 amide bonds. The molecule has 0 atom stereocenters. The average molecular weight is 491 g/mol. The number of hydrogen-bond acceptors (Lipinski definition) is 9. The van der Waals surface area contributed by atoms with Gasteiger partial charge in [0.2, 0.25) is 11.9 Å². The van der Waals surface area contributed by atoms with Crippen LogP contribution in [0.2, 0.25) is 0 Å². The van der Waals surface area contributed by atoms with E-state index in [0.717, 1.165) is 67.2 Å². The number of nitrogens with zero attached hydrogens (tertiary/aromatic N) is 6. The molecule has 0 unspecified atom stereocenters. The molecule has 0 bridgehead atoms. The van der Waals surface area contributed by atoms with Crippen molar-refractivity contribution in [3.05, 3.63) is 70.1 Å². The molecule has 0 radical (unpaired) electrons. The number of H-pyrrole nitrogens is 1. The fraction of sp³-hybridized carbons (Fsp3) is 0.360. The minimum atomic E-state index is -0.423. The lowest BCUT2D eigenvalue weighted by atomic mass is 10.2. The predicted octanol–water partition coefficient (Wildman–Crippen LogP) is 3.16. The van der Waals surface area contributed by atoms with E-state index in [4.69, 9.17) is 0 Å². The summed E-state index contributed by atoms with van der Waals surface area (Å²) >= 11 is 1.57. The first-order valence-corrected chi connectivity index (χ1v) is 12.8. The van der Waals surface area contributed by atoms with Gasteiger partial charge in [0.1, 0.15) is 0 Å². The molecule has 1 aliphatic rings. The number of fused-ring (bicyclic) bond motifs is 1. The minimum Gasteiger partial charge on any atom is -0.336 e. The van der Waals surface area contributed by atoms with Crippen LogP contribution in [-0.2, 0) is 6.54 Å². The molecule has 0 saturated carbocycles. The first kappa shape index (κ1) is 23.4. The standard InChI is InChI=1S/C25H30N8OS/c1-31-12-14-32(15-13-31)10-5-11-33(17-19-6-3-2-4-7-19)24-28-23(29-25(34)30-24)27-20-8-9-21-22(16-20)35-18-26-21/h2-4,6-9,16,18H,5,10-15,17H2,1H3,(H2,27,28,29,30,34). The second-order valence-electron chi connectivity index (χ2n) is 8.87. The first-order chi connectivity index (χ1) is 17.1. The predicted molar refractivity (Wildman–Crippen MR) is 142 cm³/mol. The van der Waals surface area contributed by atoms with Crippen molar-refractivity contribution in [3.8, 4) is 0 Å². The van der Waals surface area contributed by atoms with Crippen molar-refractivity contribution in [1.29, 1.82) is 0 Å². The lowest BCUT2D eigenvalue weighted by Crippen LogP contribution is -2.45. The van der Waals surface area contributed by atoms with Gasteiger partial charge in [-0.15, -0.1) is 11.3 Å². The van der Waals surface area contributed by atoms with Crippen molar-refractivity contribution in [1.82, 2.24) is 29.7 Å². The van der Waals surface area contributed by atoms with Crippen molar-refractivity contribution in [2.24, 2.45) is 0 Å². The van der Waals surface area contributed by atoms with Crippen molar-refractivity contribution >= 4 is 39.1 Å². The fourth-order valence-corrected chi connectivity index (χ4v) is 4.97. The third-order valence-corrected chi connectivity index (χ3v) is 7.02. The van der Waals surface area contributed by atoms with E-state index in [2.05, 4.69) is 59.1 Å². The van der Waals surface area contributed by atoms with Gasteiger partial charge in [-0.2, -0.15) is 9.97 Å². The molecule has 2 aromatic carbocycles. The average Bonchev–Trinajstić information content (AvgIpc) is 3.33. The molecule has 182 valence electrons. The van der Waals surface area contributed by atoms with Gasteiger partial charge in [-0.3, -0.25) is 4.98 Å². The topological polar surface area (TPSA) is 93.3 Å². The summed E-state index contributed by atoms with van der Waals surface area (Å²) in [4.78, 5) is 35.4. The Morgan fingerprint density at radius 3 is 2.74 bits per heavy atom. The Morgan fingerprint density at radius 1 is 1.09 bits per heavy atom. The van der Waals surface area contributed by atoms with Gasteiger partial charge in [0, 0.05) is 45.0 Å². The monoisotopic (exact) mass is 490 g/mol. The number of benzene rings is 2. The van der Waals surface area contributed by atoms with Crippen LogP contribution in [0.4, 0.5) is 17.6 Å². The van der Waals surface area contributed by atoms with E-state index in [9.17, 15) is 4.79 Å². The summed E-state index contributed by atoms with van der Waals surface area (Å²) in [5.74, 6) is 0.804. The summed E-state index contributed by atoms with van der Waals surface area (Å²) in [6.07, 6.45) is 0.970. The molecule has 2 aromatic heterocycles. The number of aromatic nitrogens is 4. The maximum absolute atomic E-state index is 12.5. The second-order valence-corrected chi connectivity index (χ2v) is 9.75. The third kappa shape index (κ3) is 6.21. The number of piperazine rings is 1. The number of anilines is 3. The summed E-state index contributed by atoms with van der Waals surface area (Å²) in [6.45, 7) is 6.81. The van der Waals surface area contributed by atoms with Crippen LogP contribution in [0.1, 0.15) is 12.0 Å². The Morgan fingerprint density at radius 2 is 1.91 bits per heavy atom. The molecule has 1 saturated heterocycles. The lowest BCUT2D eigenvalue weighted by Gasteiger charge is -2.33. The third-order valence-electron chi connectivity index (χ3n) is 6.23. The Kier molecular flexibility index (Phi) is 7.31. The fourth-order valence-electron chi connectivity index (χ4n) is 4.25. The zero-order valence-corrected chi connectivity index (χ0v) is 20.7. The van der Waals surface area contributed by atoms with E-state index in [1.807, 2.05) is 41.9 Å². The summed E-state index contributed by atoms with van der Waals surface area (Å²) in [5.41, 5.74) is 4.34. The van der Waals surface area contributed by atoms with E-state index in [1.165, 1.54) is 0 Å². The van der Waals surface area contributed by atoms with Crippen LogP contribution < -0.4 is 15.9 Å². The van der Waals surface area contributed by atoms with Crippen LogP contribution in [-0.4, -0.2) is 76.1 Å². The number of thiazole rings is 1. The molecule has 35 heavy (non-hydrogen) atoms. The van der Waals surface area contributed by atoms with Gasteiger partial charge in [0.15, 0.2) is 0 Å². The Hall–Kier alpha value is -3.34. The van der Waals surface area contributed by atoms with Crippen molar-refractivity contribution in [2.75, 3.05) is 56.5 Å². The van der Waals surface area contributed by atoms with E-state index in [-0.39, 0.29) is 0 Å². The maximum atomic E-state index is 12.5. The highest BCUT2D eigenvalue weighted by atomic mass is 32.1. The molecule has 10 heteroatoms. The van der Waals surface area contributed by atoms with Crippen LogP contribution in [0.3, 0.4) is 0 Å². The smallest absolute Gasteiger partial charge is 0.336 e. The van der Waals surface area contributed by atoms with E-state index in [1.54, 1.807) is 11.3 Å². The van der Waals surface area contributed by atoms with Crippen molar-refractivity contribution < 1.29 is 0 Å². The van der Waals surface area contributed by atoms with E-state index < -0.39 is 5.69 Å². The zero-order chi connectivity index (χ0) is 24.0. The molecule has 5 rings (SSSR count). The number of rotatable bonds is 9. The van der Waals surface area contributed by atoms with Gasteiger partial charge in [-0.05, 0) is 43.8 Å². The highest BCUT2D eigenvalue weighted by Crippen LogP contribution is 2.23. The van der Waals surface area contributed by atoms with Gasteiger partial charge in [-0.25, -0.2) is 9.78 Å². The Bertz CT molecular complexity index is 1300. The Balaban J connectivity index is 1.33. The molecule has 0 spiro atoms. The molecular weight excluding hydrogens is 460 g/mol. The Labute approximate surface area is 208 Å². The van der Waals surface area contributed by atoms with E-state index in [0.29, 0.717) is 18.4 Å². The van der Waals surface area contributed by atoms with Crippen molar-refractivity contribution in [3.63, 3.8) is 0 Å². The molecule has 2 N–H and O–H groups in total. The zero-order valence-electron chi connectivity index (χ0n) is 19.9. The quantitative estimate of drug-likeness (QED) is 0.370. The van der Waals surface area contributed by atoms with Gasteiger partial charge >= 0.3 is 5.69 Å². The largest absolute Gasteiger partial charge is 0.351 e. The van der Waals surface area contributed by atoms with Crippen LogP contribution in [0.25, 0.3) is 10.2 Å². The normalized spacial score (nSPS) is 14.9. The molecule has 1 aliphatic heterocycles. The summed E-state index contributed by atoms with van der Waals surface area (Å²) in [5, 5.41) is 3.23. The molecule has 0 aliphatic carbocycles. The highest BCUT2D eigenvalue weighted by Gasteiger charge is 2.16. The lowest BCUT2D eigenvalue weighted by molar-refractivity contribution is 0.153. The summed E-state index contributed by atoms with van der Waals surface area (Å²) < 4.78 is 1.07. The van der Waals surface area contributed by atoms with Gasteiger partial charge in [0.05, 0.1) is 15.7 Å². The molecule has 9 nitrogen and oxygen atoms in total. The summed E-state index contributed by atoms with van der Waals surface area (Å²) in [6, 6.07) is 16.1. The van der Waals surface area contributed by atoms with Gasteiger partial charge in [-0.1, -0.05) is 30.3 Å². The van der Waals surface area contributed by atoms with Crippen LogP contribution in [0, 0.1) is 0 Å². The molecule has 3 heterocycles.